The van der Waals surface area contributed by atoms with E-state index in [1.54, 1.807) is 18.2 Å². The Morgan fingerprint density at radius 2 is 1.82 bits per heavy atom. The van der Waals surface area contributed by atoms with Gasteiger partial charge in [0.05, 0.1) is 18.2 Å². The second-order valence-corrected chi connectivity index (χ2v) is 8.50. The number of aliphatic carboxylic acids is 1. The van der Waals surface area contributed by atoms with Crippen molar-refractivity contribution in [3.63, 3.8) is 0 Å². The minimum atomic E-state index is -1.13. The summed E-state index contributed by atoms with van der Waals surface area (Å²) in [4.78, 5) is 44.1. The van der Waals surface area contributed by atoms with Gasteiger partial charge in [-0.05, 0) is 38.5 Å². The lowest BCUT2D eigenvalue weighted by atomic mass is 10.1. The molecule has 0 amide bonds. The Bertz CT molecular complexity index is 1420. The molecular weight excluding hydrogens is 439 g/mol. The third-order valence-electron chi connectivity index (χ3n) is 5.18. The number of aromatic amines is 1. The SMILES string of the molecule is CC(C)=Cc1ccc(/N=c2\[nH]c(=O)n(C[C@H](C)C(=O)O)c(=O)n2Cc2ccc(C)cc2)cc1F. The van der Waals surface area contributed by atoms with Crippen molar-refractivity contribution >= 4 is 17.7 Å². The van der Waals surface area contributed by atoms with E-state index in [9.17, 15) is 23.9 Å². The molecule has 9 heteroatoms. The maximum absolute atomic E-state index is 14.5. The molecular formula is C25H27FN4O4. The number of aryl methyl sites for hydroxylation is 1. The largest absolute Gasteiger partial charge is 0.481 e. The number of rotatable bonds is 7. The minimum Gasteiger partial charge on any atom is -0.481 e. The van der Waals surface area contributed by atoms with E-state index in [2.05, 4.69) is 9.98 Å². The predicted octanol–water partition coefficient (Wildman–Crippen LogP) is 3.21. The van der Waals surface area contributed by atoms with Crippen LogP contribution in [-0.2, 0) is 17.9 Å². The average Bonchev–Trinajstić information content (AvgIpc) is 2.76. The summed E-state index contributed by atoms with van der Waals surface area (Å²) >= 11 is 0. The second-order valence-electron chi connectivity index (χ2n) is 8.50. The number of benzene rings is 2. The van der Waals surface area contributed by atoms with Crippen LogP contribution in [0.25, 0.3) is 6.08 Å². The topological polar surface area (TPSA) is 109 Å². The first-order valence-electron chi connectivity index (χ1n) is 10.8. The first kappa shape index (κ1) is 24.6. The van der Waals surface area contributed by atoms with Gasteiger partial charge in [0.1, 0.15) is 5.82 Å². The fourth-order valence-electron chi connectivity index (χ4n) is 3.31. The number of carbonyl (C=O) groups is 1. The highest BCUT2D eigenvalue weighted by Crippen LogP contribution is 2.18. The molecule has 3 aromatic rings. The fraction of sp³-hybridized carbons (Fsp3) is 0.280. The van der Waals surface area contributed by atoms with Gasteiger partial charge in [-0.3, -0.25) is 14.3 Å². The zero-order valence-electron chi connectivity index (χ0n) is 19.5. The number of hydrogen-bond donors (Lipinski definition) is 2. The van der Waals surface area contributed by atoms with E-state index in [0.29, 0.717) is 5.56 Å². The van der Waals surface area contributed by atoms with Crippen molar-refractivity contribution in [1.29, 1.82) is 0 Å². The first-order chi connectivity index (χ1) is 16.0. The van der Waals surface area contributed by atoms with Crippen LogP contribution in [0.5, 0.6) is 0 Å². The number of carboxylic acid groups (broad SMARTS) is 1. The molecule has 8 nitrogen and oxygen atoms in total. The van der Waals surface area contributed by atoms with Crippen LogP contribution in [0.4, 0.5) is 10.1 Å². The number of nitrogens with one attached hydrogen (secondary N) is 1. The van der Waals surface area contributed by atoms with Gasteiger partial charge in [-0.1, -0.05) is 48.4 Å². The lowest BCUT2D eigenvalue weighted by Crippen LogP contribution is -2.51. The summed E-state index contributed by atoms with van der Waals surface area (Å²) in [7, 11) is 0. The van der Waals surface area contributed by atoms with Crippen LogP contribution in [0.2, 0.25) is 0 Å². The minimum absolute atomic E-state index is 0.0656. The zero-order valence-corrected chi connectivity index (χ0v) is 19.5. The van der Waals surface area contributed by atoms with E-state index >= 15 is 0 Å². The molecule has 0 aliphatic heterocycles. The van der Waals surface area contributed by atoms with Gasteiger partial charge >= 0.3 is 17.3 Å². The highest BCUT2D eigenvalue weighted by Gasteiger charge is 2.17. The third kappa shape index (κ3) is 5.86. The highest BCUT2D eigenvalue weighted by atomic mass is 19.1. The maximum Gasteiger partial charge on any atom is 0.335 e. The molecule has 0 aliphatic rings. The van der Waals surface area contributed by atoms with Crippen LogP contribution in [-0.4, -0.2) is 25.2 Å². The Morgan fingerprint density at radius 3 is 2.41 bits per heavy atom. The average molecular weight is 467 g/mol. The van der Waals surface area contributed by atoms with Crippen molar-refractivity contribution < 1.29 is 14.3 Å². The Labute approximate surface area is 195 Å². The molecule has 178 valence electrons. The quantitative estimate of drug-likeness (QED) is 0.557. The zero-order chi connectivity index (χ0) is 25.0. The Kier molecular flexibility index (Phi) is 7.45. The Morgan fingerprint density at radius 1 is 1.15 bits per heavy atom. The molecule has 0 radical (unpaired) electrons. The second kappa shape index (κ2) is 10.3. The number of H-pyrrole nitrogens is 1. The molecule has 0 unspecified atom stereocenters. The number of aromatic nitrogens is 3. The molecule has 0 fully saturated rings. The van der Waals surface area contributed by atoms with E-state index in [0.717, 1.165) is 21.3 Å². The normalized spacial score (nSPS) is 12.4. The van der Waals surface area contributed by atoms with E-state index in [1.165, 1.54) is 17.6 Å². The van der Waals surface area contributed by atoms with Gasteiger partial charge in [-0.15, -0.1) is 0 Å². The van der Waals surface area contributed by atoms with Crippen LogP contribution in [0, 0.1) is 18.7 Å². The smallest absolute Gasteiger partial charge is 0.335 e. The summed E-state index contributed by atoms with van der Waals surface area (Å²) in [5.74, 6) is -2.57. The van der Waals surface area contributed by atoms with Crippen molar-refractivity contribution in [2.24, 2.45) is 10.9 Å². The lowest BCUT2D eigenvalue weighted by molar-refractivity contribution is -0.141. The molecule has 1 atom stereocenters. The molecule has 0 saturated carbocycles. The number of allylic oxidation sites excluding steroid dienone is 1. The summed E-state index contributed by atoms with van der Waals surface area (Å²) in [5.41, 5.74) is 1.80. The van der Waals surface area contributed by atoms with Crippen LogP contribution >= 0.6 is 0 Å². The molecule has 0 saturated heterocycles. The summed E-state index contributed by atoms with van der Waals surface area (Å²) in [6.07, 6.45) is 1.70. The molecule has 1 aromatic heterocycles. The van der Waals surface area contributed by atoms with Crippen molar-refractivity contribution in [2.75, 3.05) is 0 Å². The maximum atomic E-state index is 14.5. The predicted molar refractivity (Wildman–Crippen MR) is 127 cm³/mol. The van der Waals surface area contributed by atoms with Crippen molar-refractivity contribution in [3.05, 3.63) is 97.1 Å². The number of halogens is 1. The van der Waals surface area contributed by atoms with Gasteiger partial charge in [0.25, 0.3) is 0 Å². The Hall–Kier alpha value is -4.01. The Balaban J connectivity index is 2.19. The molecule has 0 aliphatic carbocycles. The number of hydrogen-bond acceptors (Lipinski definition) is 4. The van der Waals surface area contributed by atoms with Gasteiger partial charge in [0, 0.05) is 18.2 Å². The third-order valence-corrected chi connectivity index (χ3v) is 5.18. The van der Waals surface area contributed by atoms with E-state index in [-0.39, 0.29) is 24.4 Å². The van der Waals surface area contributed by atoms with E-state index < -0.39 is 29.1 Å². The van der Waals surface area contributed by atoms with Gasteiger partial charge in [-0.2, -0.15) is 0 Å². The first-order valence-corrected chi connectivity index (χ1v) is 10.8. The van der Waals surface area contributed by atoms with Crippen molar-refractivity contribution in [2.45, 2.75) is 40.8 Å². The van der Waals surface area contributed by atoms with Crippen LogP contribution < -0.4 is 17.0 Å². The van der Waals surface area contributed by atoms with Gasteiger partial charge < -0.3 is 5.11 Å². The lowest BCUT2D eigenvalue weighted by Gasteiger charge is -2.13. The highest BCUT2D eigenvalue weighted by molar-refractivity contribution is 5.69. The molecule has 0 spiro atoms. The summed E-state index contributed by atoms with van der Waals surface area (Å²) in [6.45, 7) is 6.84. The summed E-state index contributed by atoms with van der Waals surface area (Å²) in [5, 5.41) is 9.22. The van der Waals surface area contributed by atoms with Gasteiger partial charge in [-0.25, -0.2) is 23.5 Å². The molecule has 2 N–H and O–H groups in total. The van der Waals surface area contributed by atoms with Crippen LogP contribution in [0.1, 0.15) is 37.5 Å². The van der Waals surface area contributed by atoms with Gasteiger partial charge in [0.2, 0.25) is 5.62 Å². The number of carboxylic acids is 1. The summed E-state index contributed by atoms with van der Waals surface area (Å²) < 4.78 is 16.6. The molecule has 1 heterocycles. The van der Waals surface area contributed by atoms with E-state index in [4.69, 9.17) is 0 Å². The molecule has 3 rings (SSSR count). The molecule has 2 aromatic carbocycles. The van der Waals surface area contributed by atoms with Crippen molar-refractivity contribution in [1.82, 2.24) is 14.1 Å². The van der Waals surface area contributed by atoms with Gasteiger partial charge in [0.15, 0.2) is 0 Å². The van der Waals surface area contributed by atoms with Crippen molar-refractivity contribution in [3.8, 4) is 0 Å². The molecule has 34 heavy (non-hydrogen) atoms. The van der Waals surface area contributed by atoms with Crippen LogP contribution in [0.3, 0.4) is 0 Å². The van der Waals surface area contributed by atoms with E-state index in [1.807, 2.05) is 45.0 Å². The summed E-state index contributed by atoms with van der Waals surface area (Å²) in [6, 6.07) is 11.8. The fourth-order valence-corrected chi connectivity index (χ4v) is 3.31. The number of nitrogens with zero attached hydrogens (tertiary/aromatic N) is 3. The monoisotopic (exact) mass is 466 g/mol. The van der Waals surface area contributed by atoms with Crippen LogP contribution in [0.15, 0.2) is 62.6 Å². The standard InChI is InChI=1S/C25H27FN4O4/c1-15(2)11-19-9-10-20(12-21(19)26)27-23-28-24(33)30(13-17(4)22(31)32)25(34)29(23)14-18-7-5-16(3)6-8-18/h5-12,17H,13-14H2,1-4H3,(H,31,32)(H,27,28,33)/t17-/m0/s1. The molecule has 0 bridgehead atoms.